The summed E-state index contributed by atoms with van der Waals surface area (Å²) in [5, 5.41) is 0. The Morgan fingerprint density at radius 2 is 1.66 bits per heavy atom. The van der Waals surface area contributed by atoms with E-state index < -0.39 is 10.0 Å². The van der Waals surface area contributed by atoms with Gasteiger partial charge in [0.15, 0.2) is 0 Å². The summed E-state index contributed by atoms with van der Waals surface area (Å²) >= 11 is 0. The molecular formula is C22H33N4O2S+. The molecule has 0 spiro atoms. The van der Waals surface area contributed by atoms with E-state index in [2.05, 4.69) is 63.1 Å². The number of benzene rings is 2. The summed E-state index contributed by atoms with van der Waals surface area (Å²) in [5.41, 5.74) is 3.58. The van der Waals surface area contributed by atoms with Gasteiger partial charge in [-0.1, -0.05) is 30.3 Å². The maximum Gasteiger partial charge on any atom is 0.211 e. The zero-order valence-corrected chi connectivity index (χ0v) is 18.5. The number of hydrogen-bond donors (Lipinski definition) is 2. The number of para-hydroxylation sites is 1. The first-order valence-corrected chi connectivity index (χ1v) is 11.9. The summed E-state index contributed by atoms with van der Waals surface area (Å²) in [5.74, 6) is 0.108. The number of rotatable bonds is 8. The van der Waals surface area contributed by atoms with Crippen LogP contribution in [-0.4, -0.2) is 61.0 Å². The summed E-state index contributed by atoms with van der Waals surface area (Å²) in [6, 6.07) is 19.1. The van der Waals surface area contributed by atoms with Crippen molar-refractivity contribution in [3.63, 3.8) is 0 Å². The lowest BCUT2D eigenvalue weighted by molar-refractivity contribution is -0.930. The van der Waals surface area contributed by atoms with Gasteiger partial charge in [-0.15, -0.1) is 0 Å². The molecule has 2 aromatic carbocycles. The summed E-state index contributed by atoms with van der Waals surface area (Å²) in [6.45, 7) is 5.98. The van der Waals surface area contributed by atoms with Crippen LogP contribution < -0.4 is 19.4 Å². The van der Waals surface area contributed by atoms with E-state index in [0.29, 0.717) is 6.54 Å². The number of nitrogens with one attached hydrogen (secondary N) is 2. The Morgan fingerprint density at radius 1 is 1.03 bits per heavy atom. The van der Waals surface area contributed by atoms with E-state index in [1.54, 1.807) is 6.92 Å². The number of piperazine rings is 1. The third kappa shape index (κ3) is 5.72. The Bertz CT molecular complexity index is 861. The van der Waals surface area contributed by atoms with E-state index in [1.807, 2.05) is 20.2 Å². The first-order valence-electron chi connectivity index (χ1n) is 10.3. The Kier molecular flexibility index (Phi) is 7.16. The van der Waals surface area contributed by atoms with Gasteiger partial charge in [0.2, 0.25) is 10.0 Å². The molecule has 0 saturated carbocycles. The molecule has 3 rings (SSSR count). The van der Waals surface area contributed by atoms with Crippen LogP contribution in [0.4, 0.5) is 11.4 Å². The Hall–Kier alpha value is -2.09. The zero-order chi connectivity index (χ0) is 20.9. The quantitative estimate of drug-likeness (QED) is 0.676. The van der Waals surface area contributed by atoms with Crippen LogP contribution in [0.1, 0.15) is 18.5 Å². The van der Waals surface area contributed by atoms with Crippen LogP contribution in [0.2, 0.25) is 0 Å². The van der Waals surface area contributed by atoms with Crippen LogP contribution in [0.15, 0.2) is 54.6 Å². The number of hydrogen-bond acceptors (Lipinski definition) is 4. The number of quaternary nitrogens is 1. The minimum atomic E-state index is -3.22. The molecule has 1 atom stereocenters. The second-order valence-corrected chi connectivity index (χ2v) is 9.87. The fourth-order valence-corrected chi connectivity index (χ4v) is 4.48. The zero-order valence-electron chi connectivity index (χ0n) is 17.6. The van der Waals surface area contributed by atoms with E-state index in [1.165, 1.54) is 16.2 Å². The van der Waals surface area contributed by atoms with Gasteiger partial charge in [-0.2, -0.15) is 0 Å². The SMILES string of the molecule is CCS(=O)(=O)NC[C@H](c1ccc(N(C)C)cc1)[NH+]1CCN(c2ccccc2)CC1. The molecule has 0 unspecified atom stereocenters. The molecule has 29 heavy (non-hydrogen) atoms. The van der Waals surface area contributed by atoms with Gasteiger partial charge >= 0.3 is 0 Å². The maximum atomic E-state index is 12.1. The molecular weight excluding hydrogens is 384 g/mol. The summed E-state index contributed by atoms with van der Waals surface area (Å²) in [7, 11) is 0.829. The maximum absolute atomic E-state index is 12.1. The molecule has 0 aromatic heterocycles. The molecule has 1 saturated heterocycles. The Balaban J connectivity index is 1.74. The van der Waals surface area contributed by atoms with Crippen molar-refractivity contribution in [2.45, 2.75) is 13.0 Å². The van der Waals surface area contributed by atoms with Gasteiger partial charge in [-0.3, -0.25) is 0 Å². The highest BCUT2D eigenvalue weighted by Crippen LogP contribution is 2.18. The smallest absolute Gasteiger partial charge is 0.211 e. The number of anilines is 2. The largest absolute Gasteiger partial charge is 0.378 e. The van der Waals surface area contributed by atoms with Gasteiger partial charge in [0.05, 0.1) is 38.5 Å². The van der Waals surface area contributed by atoms with Crippen LogP contribution in [0.3, 0.4) is 0 Å². The van der Waals surface area contributed by atoms with Gasteiger partial charge in [0.1, 0.15) is 6.04 Å². The summed E-state index contributed by atoms with van der Waals surface area (Å²) in [6.07, 6.45) is 0. The summed E-state index contributed by atoms with van der Waals surface area (Å²) < 4.78 is 26.9. The fraction of sp³-hybridized carbons (Fsp3) is 0.455. The average Bonchev–Trinajstić information content (AvgIpc) is 2.75. The molecule has 1 aliphatic heterocycles. The molecule has 0 radical (unpaired) electrons. The molecule has 0 amide bonds. The Morgan fingerprint density at radius 3 is 2.21 bits per heavy atom. The highest BCUT2D eigenvalue weighted by atomic mass is 32.2. The van der Waals surface area contributed by atoms with Crippen molar-refractivity contribution in [3.8, 4) is 0 Å². The second-order valence-electron chi connectivity index (χ2n) is 7.77. The van der Waals surface area contributed by atoms with E-state index >= 15 is 0 Å². The highest BCUT2D eigenvalue weighted by molar-refractivity contribution is 7.89. The van der Waals surface area contributed by atoms with Gasteiger partial charge in [0.25, 0.3) is 0 Å². The standard InChI is InChI=1S/C22H32N4O2S/c1-4-29(27,28)23-18-22(19-10-12-20(13-11-19)24(2)3)26-16-14-25(15-17-26)21-8-6-5-7-9-21/h5-13,22-23H,4,14-18H2,1-3H3/p+1/t22-/m1/s1. The lowest BCUT2D eigenvalue weighted by Crippen LogP contribution is -3.15. The Labute approximate surface area is 175 Å². The van der Waals surface area contributed by atoms with Crippen molar-refractivity contribution in [2.24, 2.45) is 0 Å². The van der Waals surface area contributed by atoms with E-state index in [4.69, 9.17) is 0 Å². The van der Waals surface area contributed by atoms with Crippen LogP contribution >= 0.6 is 0 Å². The average molecular weight is 418 g/mol. The van der Waals surface area contributed by atoms with Gasteiger partial charge in [-0.25, -0.2) is 13.1 Å². The predicted molar refractivity (Wildman–Crippen MR) is 120 cm³/mol. The van der Waals surface area contributed by atoms with Crippen molar-refractivity contribution >= 4 is 21.4 Å². The van der Waals surface area contributed by atoms with Crippen molar-refractivity contribution in [1.29, 1.82) is 0 Å². The summed E-state index contributed by atoms with van der Waals surface area (Å²) in [4.78, 5) is 5.91. The lowest BCUT2D eigenvalue weighted by Gasteiger charge is -2.38. The molecule has 2 aromatic rings. The molecule has 0 bridgehead atoms. The highest BCUT2D eigenvalue weighted by Gasteiger charge is 2.29. The van der Waals surface area contributed by atoms with Crippen molar-refractivity contribution in [3.05, 3.63) is 60.2 Å². The minimum Gasteiger partial charge on any atom is -0.378 e. The van der Waals surface area contributed by atoms with Crippen molar-refractivity contribution < 1.29 is 13.3 Å². The number of sulfonamides is 1. The van der Waals surface area contributed by atoms with Gasteiger partial charge in [-0.05, 0) is 31.2 Å². The fourth-order valence-electron chi connectivity index (χ4n) is 3.85. The van der Waals surface area contributed by atoms with E-state index in [9.17, 15) is 8.42 Å². The predicted octanol–water partition coefficient (Wildman–Crippen LogP) is 1.14. The van der Waals surface area contributed by atoms with E-state index in [-0.39, 0.29) is 11.8 Å². The molecule has 1 heterocycles. The van der Waals surface area contributed by atoms with E-state index in [0.717, 1.165) is 31.9 Å². The molecule has 6 nitrogen and oxygen atoms in total. The molecule has 0 aliphatic carbocycles. The lowest BCUT2D eigenvalue weighted by atomic mass is 10.0. The molecule has 7 heteroatoms. The second kappa shape index (κ2) is 9.61. The first-order chi connectivity index (χ1) is 13.9. The third-order valence-electron chi connectivity index (χ3n) is 5.72. The molecule has 2 N–H and O–H groups in total. The first kappa shape index (κ1) is 21.6. The molecule has 158 valence electrons. The topological polar surface area (TPSA) is 57.1 Å². The minimum absolute atomic E-state index is 0.102. The monoisotopic (exact) mass is 417 g/mol. The molecule has 1 fully saturated rings. The third-order valence-corrected chi connectivity index (χ3v) is 7.09. The van der Waals surface area contributed by atoms with Crippen LogP contribution in [0.5, 0.6) is 0 Å². The van der Waals surface area contributed by atoms with Crippen LogP contribution in [0, 0.1) is 0 Å². The molecule has 1 aliphatic rings. The van der Waals surface area contributed by atoms with Crippen LogP contribution in [-0.2, 0) is 10.0 Å². The van der Waals surface area contributed by atoms with Crippen molar-refractivity contribution in [2.75, 3.05) is 62.4 Å². The van der Waals surface area contributed by atoms with Gasteiger partial charge in [0, 0.05) is 31.0 Å². The van der Waals surface area contributed by atoms with Crippen LogP contribution in [0.25, 0.3) is 0 Å². The normalized spacial score (nSPS) is 16.6. The van der Waals surface area contributed by atoms with Gasteiger partial charge < -0.3 is 14.7 Å². The van der Waals surface area contributed by atoms with Crippen molar-refractivity contribution in [1.82, 2.24) is 4.72 Å². The number of nitrogens with zero attached hydrogens (tertiary/aromatic N) is 2.